The average Bonchev–Trinajstić information content (AvgIpc) is 3.12. The van der Waals surface area contributed by atoms with Crippen LogP contribution in [0.15, 0.2) is 11.5 Å². The second-order valence-corrected chi connectivity index (χ2v) is 5.40. The first-order valence-corrected chi connectivity index (χ1v) is 6.54. The molecule has 16 heavy (non-hydrogen) atoms. The summed E-state index contributed by atoms with van der Waals surface area (Å²) in [5.74, 6) is 0.917. The van der Waals surface area contributed by atoms with E-state index in [9.17, 15) is 10.2 Å². The Kier molecular flexibility index (Phi) is 3.74. The molecule has 0 amide bonds. The molecule has 92 valence electrons. The van der Waals surface area contributed by atoms with Gasteiger partial charge in [0.15, 0.2) is 0 Å². The van der Waals surface area contributed by atoms with Gasteiger partial charge in [-0.3, -0.25) is 0 Å². The summed E-state index contributed by atoms with van der Waals surface area (Å²) in [6, 6.07) is 0. The van der Waals surface area contributed by atoms with Crippen LogP contribution in [0.4, 0.5) is 0 Å². The lowest BCUT2D eigenvalue weighted by Gasteiger charge is -2.22. The van der Waals surface area contributed by atoms with Crippen molar-refractivity contribution in [2.45, 2.75) is 57.5 Å². The highest BCUT2D eigenvalue weighted by molar-refractivity contribution is 5.11. The Morgan fingerprint density at radius 2 is 1.75 bits per heavy atom. The van der Waals surface area contributed by atoms with Crippen LogP contribution in [-0.4, -0.2) is 16.3 Å². The standard InChI is InChI=1S/C13H23NO2/c14-11(8-9-4-2-1-3-5-9)13(16)12(15)10-6-7-10/h9-10,12,15-16H,1-8,14H2/t12-/m0/s1. The minimum atomic E-state index is -0.705. The number of allylic oxidation sites excluding steroid dienone is 1. The highest BCUT2D eigenvalue weighted by Gasteiger charge is 2.33. The van der Waals surface area contributed by atoms with Crippen LogP contribution < -0.4 is 5.73 Å². The third-order valence-corrected chi connectivity index (χ3v) is 3.91. The molecule has 0 aromatic heterocycles. The number of nitrogens with two attached hydrogens (primary N) is 1. The maximum absolute atomic E-state index is 9.83. The second-order valence-electron chi connectivity index (χ2n) is 5.40. The van der Waals surface area contributed by atoms with Crippen LogP contribution in [0.3, 0.4) is 0 Å². The van der Waals surface area contributed by atoms with Gasteiger partial charge in [0.05, 0.1) is 0 Å². The van der Waals surface area contributed by atoms with E-state index in [1.165, 1.54) is 32.1 Å². The van der Waals surface area contributed by atoms with Crippen molar-refractivity contribution in [2.75, 3.05) is 0 Å². The van der Waals surface area contributed by atoms with Crippen LogP contribution in [0.2, 0.25) is 0 Å². The molecule has 0 spiro atoms. The van der Waals surface area contributed by atoms with Gasteiger partial charge in [-0.05, 0) is 31.1 Å². The Bertz CT molecular complexity index is 265. The lowest BCUT2D eigenvalue weighted by atomic mass is 9.86. The lowest BCUT2D eigenvalue weighted by molar-refractivity contribution is 0.129. The molecule has 3 nitrogen and oxygen atoms in total. The van der Waals surface area contributed by atoms with Gasteiger partial charge >= 0.3 is 0 Å². The van der Waals surface area contributed by atoms with E-state index in [1.807, 2.05) is 0 Å². The molecule has 2 aliphatic rings. The van der Waals surface area contributed by atoms with E-state index in [-0.39, 0.29) is 11.7 Å². The predicted octanol–water partition coefficient (Wildman–Crippen LogP) is 2.46. The zero-order valence-corrected chi connectivity index (χ0v) is 9.86. The van der Waals surface area contributed by atoms with Crippen molar-refractivity contribution in [2.24, 2.45) is 17.6 Å². The minimum absolute atomic E-state index is 0.0491. The summed E-state index contributed by atoms with van der Waals surface area (Å²) in [4.78, 5) is 0. The van der Waals surface area contributed by atoms with Gasteiger partial charge in [-0.2, -0.15) is 0 Å². The van der Waals surface area contributed by atoms with Gasteiger partial charge in [0, 0.05) is 5.70 Å². The summed E-state index contributed by atoms with van der Waals surface area (Å²) in [6.45, 7) is 0. The molecule has 0 unspecified atom stereocenters. The Labute approximate surface area is 97.3 Å². The summed E-state index contributed by atoms with van der Waals surface area (Å²) in [7, 11) is 0. The monoisotopic (exact) mass is 225 g/mol. The largest absolute Gasteiger partial charge is 0.508 e. The van der Waals surface area contributed by atoms with Crippen LogP contribution in [0.5, 0.6) is 0 Å². The first-order valence-electron chi connectivity index (χ1n) is 6.54. The molecule has 0 radical (unpaired) electrons. The summed E-state index contributed by atoms with van der Waals surface area (Å²) in [6.07, 6.45) is 8.41. The molecule has 3 heteroatoms. The van der Waals surface area contributed by atoms with Crippen molar-refractivity contribution in [1.82, 2.24) is 0 Å². The van der Waals surface area contributed by atoms with E-state index >= 15 is 0 Å². The second kappa shape index (κ2) is 5.09. The SMILES string of the molecule is NC(CC1CCCCC1)=C(O)[C@@H](O)C1CC1. The molecule has 2 rings (SSSR count). The van der Waals surface area contributed by atoms with Crippen molar-refractivity contribution in [1.29, 1.82) is 0 Å². The van der Waals surface area contributed by atoms with Crippen LogP contribution in [-0.2, 0) is 0 Å². The Morgan fingerprint density at radius 3 is 2.31 bits per heavy atom. The van der Waals surface area contributed by atoms with Crippen molar-refractivity contribution < 1.29 is 10.2 Å². The third kappa shape index (κ3) is 2.91. The molecule has 0 aliphatic heterocycles. The van der Waals surface area contributed by atoms with Gasteiger partial charge in [-0.25, -0.2) is 0 Å². The van der Waals surface area contributed by atoms with Crippen molar-refractivity contribution in [3.63, 3.8) is 0 Å². The topological polar surface area (TPSA) is 66.5 Å². The Hall–Kier alpha value is -0.700. The fourth-order valence-electron chi connectivity index (χ4n) is 2.63. The summed E-state index contributed by atoms with van der Waals surface area (Å²) < 4.78 is 0. The van der Waals surface area contributed by atoms with Gasteiger partial charge in [0.2, 0.25) is 0 Å². The third-order valence-electron chi connectivity index (χ3n) is 3.91. The molecule has 0 bridgehead atoms. The first kappa shape index (κ1) is 11.8. The maximum Gasteiger partial charge on any atom is 0.140 e. The van der Waals surface area contributed by atoms with Gasteiger partial charge in [0.1, 0.15) is 11.9 Å². The van der Waals surface area contributed by atoms with Gasteiger partial charge < -0.3 is 15.9 Å². The predicted molar refractivity (Wildman–Crippen MR) is 63.8 cm³/mol. The number of aliphatic hydroxyl groups excluding tert-OH is 2. The van der Waals surface area contributed by atoms with Crippen molar-refractivity contribution in [3.8, 4) is 0 Å². The van der Waals surface area contributed by atoms with Gasteiger partial charge in [-0.15, -0.1) is 0 Å². The zero-order valence-electron chi connectivity index (χ0n) is 9.86. The molecule has 0 heterocycles. The van der Waals surface area contributed by atoms with E-state index in [4.69, 9.17) is 5.73 Å². The zero-order chi connectivity index (χ0) is 11.5. The number of aliphatic hydroxyl groups is 2. The molecular formula is C13H23NO2. The maximum atomic E-state index is 9.83. The molecule has 2 fully saturated rings. The minimum Gasteiger partial charge on any atom is -0.508 e. The van der Waals surface area contributed by atoms with Crippen LogP contribution >= 0.6 is 0 Å². The lowest BCUT2D eigenvalue weighted by Crippen LogP contribution is -2.20. The Balaban J connectivity index is 1.88. The highest BCUT2D eigenvalue weighted by atomic mass is 16.3. The van der Waals surface area contributed by atoms with Gasteiger partial charge in [0.25, 0.3) is 0 Å². The van der Waals surface area contributed by atoms with Gasteiger partial charge in [-0.1, -0.05) is 32.1 Å². The first-order chi connectivity index (χ1) is 7.68. The molecule has 0 aromatic rings. The van der Waals surface area contributed by atoms with Crippen LogP contribution in [0, 0.1) is 11.8 Å². The molecule has 0 saturated heterocycles. The van der Waals surface area contributed by atoms with E-state index < -0.39 is 6.10 Å². The molecule has 0 aromatic carbocycles. The molecule has 2 saturated carbocycles. The number of hydrogen-bond acceptors (Lipinski definition) is 3. The molecular weight excluding hydrogens is 202 g/mol. The van der Waals surface area contributed by atoms with E-state index in [1.54, 1.807) is 0 Å². The summed E-state index contributed by atoms with van der Waals surface area (Å²) >= 11 is 0. The summed E-state index contributed by atoms with van der Waals surface area (Å²) in [5, 5.41) is 19.6. The average molecular weight is 225 g/mol. The van der Waals surface area contributed by atoms with E-state index in [2.05, 4.69) is 0 Å². The van der Waals surface area contributed by atoms with E-state index in [0.717, 1.165) is 19.3 Å². The molecule has 1 atom stereocenters. The highest BCUT2D eigenvalue weighted by Crippen LogP contribution is 2.36. The number of hydrogen-bond donors (Lipinski definition) is 3. The molecule has 4 N–H and O–H groups in total. The quantitative estimate of drug-likeness (QED) is 0.644. The Morgan fingerprint density at radius 1 is 1.12 bits per heavy atom. The smallest absolute Gasteiger partial charge is 0.140 e. The van der Waals surface area contributed by atoms with Crippen molar-refractivity contribution >= 4 is 0 Å². The molecule has 2 aliphatic carbocycles. The number of rotatable bonds is 4. The van der Waals surface area contributed by atoms with Crippen LogP contribution in [0.25, 0.3) is 0 Å². The fourth-order valence-corrected chi connectivity index (χ4v) is 2.63. The fraction of sp³-hybridized carbons (Fsp3) is 0.846. The van der Waals surface area contributed by atoms with Crippen LogP contribution in [0.1, 0.15) is 51.4 Å². The van der Waals surface area contributed by atoms with Crippen molar-refractivity contribution in [3.05, 3.63) is 11.5 Å². The normalized spacial score (nSPS) is 26.3. The van der Waals surface area contributed by atoms with E-state index in [0.29, 0.717) is 11.6 Å². The summed E-state index contributed by atoms with van der Waals surface area (Å²) in [5.41, 5.74) is 6.40.